The van der Waals surface area contributed by atoms with Gasteiger partial charge in [-0.15, -0.1) is 0 Å². The van der Waals surface area contributed by atoms with Crippen LogP contribution in [0.2, 0.25) is 0 Å². The van der Waals surface area contributed by atoms with Gasteiger partial charge in [-0.05, 0) is 44.7 Å². The van der Waals surface area contributed by atoms with Crippen molar-refractivity contribution >= 4 is 5.97 Å². The molecule has 122 valence electrons. The molecule has 2 fully saturated rings. The number of carboxylic acids is 1. The second-order valence-electron chi connectivity index (χ2n) is 6.99. The van der Waals surface area contributed by atoms with Crippen molar-refractivity contribution in [3.05, 3.63) is 0 Å². The predicted molar refractivity (Wildman–Crippen MR) is 85.5 cm³/mol. The molecule has 1 saturated carbocycles. The molecule has 0 aromatic rings. The third kappa shape index (κ3) is 5.59. The number of carboxylic acid groups (broad SMARTS) is 1. The lowest BCUT2D eigenvalue weighted by Gasteiger charge is -2.37. The molecular formula is C17H32N2O2. The largest absolute Gasteiger partial charge is 0.481 e. The lowest BCUT2D eigenvalue weighted by molar-refractivity contribution is -0.144. The van der Waals surface area contributed by atoms with Gasteiger partial charge in [0.05, 0.1) is 5.92 Å². The van der Waals surface area contributed by atoms with Crippen LogP contribution in [0.25, 0.3) is 0 Å². The van der Waals surface area contributed by atoms with Gasteiger partial charge >= 0.3 is 5.97 Å². The molecule has 2 aliphatic rings. The quantitative estimate of drug-likeness (QED) is 0.758. The first-order valence-corrected chi connectivity index (χ1v) is 8.87. The molecule has 2 rings (SSSR count). The normalized spacial score (nSPS) is 28.6. The summed E-state index contributed by atoms with van der Waals surface area (Å²) < 4.78 is 0. The monoisotopic (exact) mass is 296 g/mol. The summed E-state index contributed by atoms with van der Waals surface area (Å²) in [4.78, 5) is 13.7. The van der Waals surface area contributed by atoms with Gasteiger partial charge in [-0.3, -0.25) is 4.79 Å². The number of unbranched alkanes of at least 4 members (excludes halogenated alkanes) is 1. The van der Waals surface area contributed by atoms with Crippen LogP contribution in [0, 0.1) is 11.8 Å². The van der Waals surface area contributed by atoms with Crippen LogP contribution in [-0.2, 0) is 4.79 Å². The molecule has 1 aliphatic carbocycles. The van der Waals surface area contributed by atoms with Gasteiger partial charge in [0.1, 0.15) is 0 Å². The molecule has 21 heavy (non-hydrogen) atoms. The Morgan fingerprint density at radius 3 is 2.67 bits per heavy atom. The van der Waals surface area contributed by atoms with Crippen molar-refractivity contribution in [2.24, 2.45) is 11.8 Å². The SMILES string of the molecule is CCCCN1CC(NCC2CCCCC2)CC(C(=O)O)C1. The summed E-state index contributed by atoms with van der Waals surface area (Å²) >= 11 is 0. The molecule has 4 nitrogen and oxygen atoms in total. The summed E-state index contributed by atoms with van der Waals surface area (Å²) in [5, 5.41) is 13.0. The summed E-state index contributed by atoms with van der Waals surface area (Å²) in [5.74, 6) is -0.00632. The van der Waals surface area contributed by atoms with Crippen molar-refractivity contribution in [3.63, 3.8) is 0 Å². The molecule has 2 N–H and O–H groups in total. The fourth-order valence-electron chi connectivity index (χ4n) is 3.81. The highest BCUT2D eigenvalue weighted by molar-refractivity contribution is 5.70. The van der Waals surface area contributed by atoms with Crippen LogP contribution in [0.4, 0.5) is 0 Å². The number of likely N-dealkylation sites (tertiary alicyclic amines) is 1. The molecule has 2 atom stereocenters. The lowest BCUT2D eigenvalue weighted by Crippen LogP contribution is -2.52. The predicted octanol–water partition coefficient (Wildman–Crippen LogP) is 2.73. The Balaban J connectivity index is 1.79. The smallest absolute Gasteiger partial charge is 0.307 e. The van der Waals surface area contributed by atoms with Gasteiger partial charge in [-0.1, -0.05) is 32.6 Å². The van der Waals surface area contributed by atoms with Gasteiger partial charge in [0, 0.05) is 19.1 Å². The van der Waals surface area contributed by atoms with Gasteiger partial charge in [0.2, 0.25) is 0 Å². The van der Waals surface area contributed by atoms with Crippen LogP contribution in [0.15, 0.2) is 0 Å². The number of carbonyl (C=O) groups is 1. The molecule has 1 saturated heterocycles. The van der Waals surface area contributed by atoms with Gasteiger partial charge in [-0.2, -0.15) is 0 Å². The van der Waals surface area contributed by atoms with Gasteiger partial charge in [0.25, 0.3) is 0 Å². The van der Waals surface area contributed by atoms with Crippen molar-refractivity contribution in [2.75, 3.05) is 26.2 Å². The van der Waals surface area contributed by atoms with Crippen molar-refractivity contribution < 1.29 is 9.90 Å². The average molecular weight is 296 g/mol. The van der Waals surface area contributed by atoms with E-state index in [0.29, 0.717) is 6.04 Å². The van der Waals surface area contributed by atoms with Gasteiger partial charge < -0.3 is 15.3 Å². The number of piperidine rings is 1. The zero-order valence-electron chi connectivity index (χ0n) is 13.5. The highest BCUT2D eigenvalue weighted by Gasteiger charge is 2.31. The van der Waals surface area contributed by atoms with E-state index in [0.717, 1.165) is 38.5 Å². The maximum absolute atomic E-state index is 11.4. The minimum atomic E-state index is -0.624. The molecule has 0 bridgehead atoms. The zero-order valence-corrected chi connectivity index (χ0v) is 13.5. The molecule has 1 aliphatic heterocycles. The molecule has 0 radical (unpaired) electrons. The summed E-state index contributed by atoms with van der Waals surface area (Å²) in [6.07, 6.45) is 9.98. The van der Waals surface area contributed by atoms with E-state index in [1.54, 1.807) is 0 Å². The van der Waals surface area contributed by atoms with E-state index < -0.39 is 5.97 Å². The fraction of sp³-hybridized carbons (Fsp3) is 0.941. The zero-order chi connectivity index (χ0) is 15.1. The topological polar surface area (TPSA) is 52.6 Å². The number of aliphatic carboxylic acids is 1. The van der Waals surface area contributed by atoms with Crippen molar-refractivity contribution in [1.82, 2.24) is 10.2 Å². The highest BCUT2D eigenvalue weighted by atomic mass is 16.4. The first-order valence-electron chi connectivity index (χ1n) is 8.87. The number of hydrogen-bond donors (Lipinski definition) is 2. The van der Waals surface area contributed by atoms with E-state index in [9.17, 15) is 9.90 Å². The van der Waals surface area contributed by atoms with E-state index in [1.807, 2.05) is 0 Å². The van der Waals surface area contributed by atoms with Crippen LogP contribution in [0.5, 0.6) is 0 Å². The Hall–Kier alpha value is -0.610. The first kappa shape index (κ1) is 16.8. The number of nitrogens with zero attached hydrogens (tertiary/aromatic N) is 1. The number of rotatable bonds is 7. The van der Waals surface area contributed by atoms with E-state index >= 15 is 0 Å². The third-order valence-corrected chi connectivity index (χ3v) is 5.12. The summed E-state index contributed by atoms with van der Waals surface area (Å²) in [7, 11) is 0. The minimum absolute atomic E-state index is 0.195. The Labute approximate surface area is 129 Å². The van der Waals surface area contributed by atoms with Crippen molar-refractivity contribution in [1.29, 1.82) is 0 Å². The number of hydrogen-bond acceptors (Lipinski definition) is 3. The van der Waals surface area contributed by atoms with Gasteiger partial charge in [-0.25, -0.2) is 0 Å². The Bertz CT molecular complexity index is 316. The van der Waals surface area contributed by atoms with Crippen molar-refractivity contribution in [2.45, 2.75) is 64.3 Å². The molecule has 0 spiro atoms. The van der Waals surface area contributed by atoms with Crippen LogP contribution >= 0.6 is 0 Å². The molecule has 0 aromatic heterocycles. The summed E-state index contributed by atoms with van der Waals surface area (Å²) in [5.41, 5.74) is 0. The Kier molecular flexibility index (Phi) is 6.97. The Morgan fingerprint density at radius 1 is 1.24 bits per heavy atom. The maximum atomic E-state index is 11.4. The molecule has 2 unspecified atom stereocenters. The Morgan fingerprint density at radius 2 is 2.00 bits per heavy atom. The standard InChI is InChI=1S/C17H32N2O2/c1-2-3-9-19-12-15(17(20)21)10-16(13-19)18-11-14-7-5-4-6-8-14/h14-16,18H,2-13H2,1H3,(H,20,21). The van der Waals surface area contributed by atoms with E-state index in [-0.39, 0.29) is 5.92 Å². The second kappa shape index (κ2) is 8.74. The minimum Gasteiger partial charge on any atom is -0.481 e. The lowest BCUT2D eigenvalue weighted by atomic mass is 9.88. The maximum Gasteiger partial charge on any atom is 0.307 e. The van der Waals surface area contributed by atoms with Crippen molar-refractivity contribution in [3.8, 4) is 0 Å². The van der Waals surface area contributed by atoms with E-state index in [4.69, 9.17) is 0 Å². The fourth-order valence-corrected chi connectivity index (χ4v) is 3.81. The average Bonchev–Trinajstić information content (AvgIpc) is 2.51. The first-order chi connectivity index (χ1) is 10.2. The van der Waals surface area contributed by atoms with Crippen LogP contribution < -0.4 is 5.32 Å². The molecule has 1 heterocycles. The third-order valence-electron chi connectivity index (χ3n) is 5.12. The highest BCUT2D eigenvalue weighted by Crippen LogP contribution is 2.24. The molecule has 0 aromatic carbocycles. The van der Waals surface area contributed by atoms with E-state index in [2.05, 4.69) is 17.1 Å². The van der Waals surface area contributed by atoms with Crippen LogP contribution in [-0.4, -0.2) is 48.2 Å². The van der Waals surface area contributed by atoms with Gasteiger partial charge in [0.15, 0.2) is 0 Å². The second-order valence-corrected chi connectivity index (χ2v) is 6.99. The number of nitrogens with one attached hydrogen (secondary N) is 1. The van der Waals surface area contributed by atoms with Crippen LogP contribution in [0.3, 0.4) is 0 Å². The molecular weight excluding hydrogens is 264 g/mol. The summed E-state index contributed by atoms with van der Waals surface area (Å²) in [6.45, 7) is 6.07. The molecule has 0 amide bonds. The van der Waals surface area contributed by atoms with Crippen LogP contribution in [0.1, 0.15) is 58.3 Å². The molecule has 4 heteroatoms. The van der Waals surface area contributed by atoms with E-state index in [1.165, 1.54) is 44.9 Å². The summed E-state index contributed by atoms with van der Waals surface area (Å²) in [6, 6.07) is 0.360.